The van der Waals surface area contributed by atoms with Gasteiger partial charge in [-0.25, -0.2) is 17.6 Å². The van der Waals surface area contributed by atoms with Gasteiger partial charge in [-0.05, 0) is 69.4 Å². The number of carbonyl (C=O) groups is 1. The van der Waals surface area contributed by atoms with Crippen molar-refractivity contribution in [2.75, 3.05) is 26.2 Å². The van der Waals surface area contributed by atoms with E-state index in [4.69, 9.17) is 4.74 Å². The highest BCUT2D eigenvalue weighted by atomic mass is 19.4. The molecule has 0 aromatic heterocycles. The minimum Gasteiger partial charge on any atom is -0.493 e. The molecule has 35 heavy (non-hydrogen) atoms. The van der Waals surface area contributed by atoms with E-state index in [1.54, 1.807) is 0 Å². The van der Waals surface area contributed by atoms with Gasteiger partial charge in [0, 0.05) is 18.2 Å². The van der Waals surface area contributed by atoms with Gasteiger partial charge in [-0.3, -0.25) is 9.69 Å². The number of carbonyl (C=O) groups excluding carboxylic acids is 1. The highest BCUT2D eigenvalue weighted by Gasteiger charge is 2.46. The Hall–Kier alpha value is -2.04. The molecule has 0 bridgehead atoms. The van der Waals surface area contributed by atoms with Crippen LogP contribution in [-0.4, -0.2) is 55.2 Å². The minimum absolute atomic E-state index is 0.00765. The molecule has 1 heterocycles. The molecule has 3 fully saturated rings. The van der Waals surface area contributed by atoms with Gasteiger partial charge in [0.25, 0.3) is 11.8 Å². The zero-order valence-corrected chi connectivity index (χ0v) is 19.2. The molecule has 1 aliphatic heterocycles. The minimum atomic E-state index is -4.89. The smallest absolute Gasteiger partial charge is 0.394 e. The Morgan fingerprint density at radius 2 is 1.66 bits per heavy atom. The molecule has 1 N–H and O–H groups in total. The Bertz CT molecular complexity index is 889. The third-order valence-electron chi connectivity index (χ3n) is 7.04. The Labute approximate surface area is 199 Å². The molecule has 3 aliphatic rings. The number of piperidine rings is 1. The predicted molar refractivity (Wildman–Crippen MR) is 113 cm³/mol. The molecule has 0 spiro atoms. The van der Waals surface area contributed by atoms with E-state index in [0.29, 0.717) is 50.1 Å². The van der Waals surface area contributed by atoms with Crippen LogP contribution in [0.4, 0.5) is 30.7 Å². The number of halogens is 7. The van der Waals surface area contributed by atoms with Crippen LogP contribution >= 0.6 is 0 Å². The third-order valence-corrected chi connectivity index (χ3v) is 7.04. The van der Waals surface area contributed by atoms with Gasteiger partial charge in [-0.15, -0.1) is 0 Å². The average molecular weight is 510 g/mol. The summed E-state index contributed by atoms with van der Waals surface area (Å²) in [6.45, 7) is 0.0552. The molecule has 4 nitrogen and oxygen atoms in total. The van der Waals surface area contributed by atoms with E-state index >= 15 is 0 Å². The number of hydrogen-bond donors (Lipinski definition) is 1. The highest BCUT2D eigenvalue weighted by molar-refractivity contribution is 5.95. The molecule has 196 valence electrons. The maximum atomic E-state index is 14.3. The molecule has 2 saturated carbocycles. The van der Waals surface area contributed by atoms with E-state index in [9.17, 15) is 35.5 Å². The molecule has 11 heteroatoms. The Morgan fingerprint density at radius 3 is 2.23 bits per heavy atom. The molecule has 1 amide bonds. The fraction of sp³-hybridized carbons (Fsp3) is 0.708. The quantitative estimate of drug-likeness (QED) is 0.419. The molecule has 1 saturated heterocycles. The monoisotopic (exact) mass is 510 g/mol. The summed E-state index contributed by atoms with van der Waals surface area (Å²) in [7, 11) is 0. The SMILES string of the molecule is O=C(NC1CC1)c1c(F)cc(OCC[C@@H]2C[C@@H]2C2CCN(CC(F)(F)CC(F)(F)F)CC2)cc1F. The number of likely N-dealkylation sites (tertiary alicyclic amines) is 1. The first-order chi connectivity index (χ1) is 16.4. The molecule has 1 aromatic rings. The second-order valence-electron chi connectivity index (χ2n) is 10.1. The van der Waals surface area contributed by atoms with E-state index in [1.165, 1.54) is 4.90 Å². The first-order valence-electron chi connectivity index (χ1n) is 12.0. The van der Waals surface area contributed by atoms with Crippen molar-refractivity contribution < 1.29 is 40.3 Å². The van der Waals surface area contributed by atoms with Crippen LogP contribution in [0.1, 0.15) is 55.3 Å². The number of amides is 1. The average Bonchev–Trinajstić information content (AvgIpc) is 3.63. The molecule has 0 unspecified atom stereocenters. The largest absolute Gasteiger partial charge is 0.493 e. The maximum Gasteiger partial charge on any atom is 0.394 e. The zero-order valence-electron chi connectivity index (χ0n) is 19.2. The molecule has 1 aromatic carbocycles. The molecular weight excluding hydrogens is 481 g/mol. The van der Waals surface area contributed by atoms with Gasteiger partial charge in [0.15, 0.2) is 0 Å². The molecular formula is C24H29F7N2O2. The van der Waals surface area contributed by atoms with E-state index in [2.05, 4.69) is 5.32 Å². The van der Waals surface area contributed by atoms with Crippen molar-refractivity contribution >= 4 is 5.91 Å². The third kappa shape index (κ3) is 7.47. The van der Waals surface area contributed by atoms with Gasteiger partial charge >= 0.3 is 6.18 Å². The lowest BCUT2D eigenvalue weighted by Gasteiger charge is -2.34. The van der Waals surface area contributed by atoms with Crippen LogP contribution in [0.5, 0.6) is 5.75 Å². The van der Waals surface area contributed by atoms with Crippen molar-refractivity contribution in [3.8, 4) is 5.75 Å². The fourth-order valence-corrected chi connectivity index (χ4v) is 5.06. The first-order valence-corrected chi connectivity index (χ1v) is 12.0. The number of ether oxygens (including phenoxy) is 1. The van der Waals surface area contributed by atoms with E-state index in [0.717, 1.165) is 31.4 Å². The Kier molecular flexibility index (Phi) is 7.54. The van der Waals surface area contributed by atoms with Crippen LogP contribution in [0.2, 0.25) is 0 Å². The van der Waals surface area contributed by atoms with Crippen LogP contribution in [0.25, 0.3) is 0 Å². The summed E-state index contributed by atoms with van der Waals surface area (Å²) in [6, 6.07) is 1.98. The van der Waals surface area contributed by atoms with Crippen LogP contribution in [0, 0.1) is 29.4 Å². The number of rotatable bonds is 10. The van der Waals surface area contributed by atoms with E-state index < -0.39 is 48.2 Å². The van der Waals surface area contributed by atoms with Crippen LogP contribution in [0.3, 0.4) is 0 Å². The predicted octanol–water partition coefficient (Wildman–Crippen LogP) is 5.56. The van der Waals surface area contributed by atoms with E-state index in [-0.39, 0.29) is 18.4 Å². The van der Waals surface area contributed by atoms with Gasteiger partial charge in [0.05, 0.1) is 13.2 Å². The van der Waals surface area contributed by atoms with E-state index in [1.807, 2.05) is 0 Å². The van der Waals surface area contributed by atoms with Crippen molar-refractivity contribution in [2.45, 2.75) is 63.1 Å². The lowest BCUT2D eigenvalue weighted by atomic mass is 9.90. The summed E-state index contributed by atoms with van der Waals surface area (Å²) in [4.78, 5) is 13.4. The lowest BCUT2D eigenvalue weighted by molar-refractivity contribution is -0.192. The van der Waals surface area contributed by atoms with Gasteiger partial charge < -0.3 is 10.1 Å². The van der Waals surface area contributed by atoms with Crippen molar-refractivity contribution in [1.29, 1.82) is 0 Å². The van der Waals surface area contributed by atoms with Crippen LogP contribution in [0.15, 0.2) is 12.1 Å². The van der Waals surface area contributed by atoms with Crippen molar-refractivity contribution in [1.82, 2.24) is 10.2 Å². The van der Waals surface area contributed by atoms with Crippen LogP contribution in [-0.2, 0) is 0 Å². The van der Waals surface area contributed by atoms with Crippen molar-refractivity contribution in [3.63, 3.8) is 0 Å². The number of benzene rings is 1. The summed E-state index contributed by atoms with van der Waals surface area (Å²) < 4.78 is 98.2. The second kappa shape index (κ2) is 10.1. The second-order valence-corrected chi connectivity index (χ2v) is 10.1. The molecule has 2 atom stereocenters. The normalized spacial score (nSPS) is 23.9. The summed E-state index contributed by atoms with van der Waals surface area (Å²) in [6.07, 6.45) is -2.46. The van der Waals surface area contributed by atoms with Gasteiger partial charge in [0.2, 0.25) is 0 Å². The van der Waals surface area contributed by atoms with Gasteiger partial charge in [0.1, 0.15) is 29.4 Å². The number of alkyl halides is 5. The fourth-order valence-electron chi connectivity index (χ4n) is 5.06. The molecule has 2 aliphatic carbocycles. The van der Waals surface area contributed by atoms with Crippen molar-refractivity contribution in [2.24, 2.45) is 17.8 Å². The summed E-state index contributed by atoms with van der Waals surface area (Å²) in [5, 5.41) is 2.55. The summed E-state index contributed by atoms with van der Waals surface area (Å²) in [5.74, 6) is -5.42. The van der Waals surface area contributed by atoms with Crippen LogP contribution < -0.4 is 10.1 Å². The lowest BCUT2D eigenvalue weighted by Crippen LogP contribution is -2.43. The van der Waals surface area contributed by atoms with Gasteiger partial charge in [-0.1, -0.05) is 0 Å². The Morgan fingerprint density at radius 1 is 1.03 bits per heavy atom. The number of hydrogen-bond acceptors (Lipinski definition) is 3. The number of nitrogens with zero attached hydrogens (tertiary/aromatic N) is 1. The first kappa shape index (κ1) is 26.0. The standard InChI is InChI=1S/C24H29F7N2O2/c25-19-10-17(11-20(26)21(19)22(34)32-16-1-2-16)35-8-5-15-9-18(15)14-3-6-33(7-4-14)13-23(27,28)12-24(29,30)31/h10-11,14-16,18H,1-9,12-13H2,(H,32,34)/t15-,18-/m1/s1. The number of nitrogens with one attached hydrogen (secondary N) is 1. The maximum absolute atomic E-state index is 14.3. The van der Waals surface area contributed by atoms with Crippen molar-refractivity contribution in [3.05, 3.63) is 29.3 Å². The van der Waals surface area contributed by atoms with Gasteiger partial charge in [-0.2, -0.15) is 13.2 Å². The molecule has 0 radical (unpaired) electrons. The summed E-state index contributed by atoms with van der Waals surface area (Å²) in [5.41, 5.74) is -0.617. The topological polar surface area (TPSA) is 41.6 Å². The summed E-state index contributed by atoms with van der Waals surface area (Å²) >= 11 is 0. The highest BCUT2D eigenvalue weighted by Crippen LogP contribution is 2.50. The molecule has 4 rings (SSSR count). The Balaban J connectivity index is 1.17. The zero-order chi connectivity index (χ0) is 25.4.